The van der Waals surface area contributed by atoms with Crippen molar-refractivity contribution in [3.8, 4) is 11.3 Å². The summed E-state index contributed by atoms with van der Waals surface area (Å²) >= 11 is 0. The summed E-state index contributed by atoms with van der Waals surface area (Å²) in [6.07, 6.45) is 3.72. The van der Waals surface area contributed by atoms with Gasteiger partial charge in [0.1, 0.15) is 5.69 Å². The first-order chi connectivity index (χ1) is 9.70. The lowest BCUT2D eigenvalue weighted by Gasteiger charge is -2.12. The van der Waals surface area contributed by atoms with Crippen LogP contribution < -0.4 is 5.32 Å². The smallest absolute Gasteiger partial charge is 0.152 e. The number of aryl methyl sites for hydroxylation is 2. The fourth-order valence-corrected chi connectivity index (χ4v) is 2.27. The predicted molar refractivity (Wildman–Crippen MR) is 81.8 cm³/mol. The summed E-state index contributed by atoms with van der Waals surface area (Å²) < 4.78 is 0. The highest BCUT2D eigenvalue weighted by atomic mass is 15.0. The van der Waals surface area contributed by atoms with Crippen LogP contribution in [0.5, 0.6) is 0 Å². The molecular formula is C16H16N4. The van der Waals surface area contributed by atoms with E-state index in [-0.39, 0.29) is 0 Å². The summed E-state index contributed by atoms with van der Waals surface area (Å²) in [5, 5.41) is 5.36. The number of benzene rings is 1. The Kier molecular flexibility index (Phi) is 3.06. The maximum absolute atomic E-state index is 4.70. The molecule has 100 valence electrons. The van der Waals surface area contributed by atoms with Gasteiger partial charge in [-0.1, -0.05) is 24.3 Å². The summed E-state index contributed by atoms with van der Waals surface area (Å²) in [7, 11) is 1.86. The predicted octanol–water partition coefficient (Wildman–Crippen LogP) is 3.35. The van der Waals surface area contributed by atoms with Crippen LogP contribution in [-0.2, 0) is 0 Å². The molecule has 0 bridgehead atoms. The highest BCUT2D eigenvalue weighted by molar-refractivity contribution is 5.96. The topological polar surface area (TPSA) is 50.7 Å². The SMILES string of the molecule is CNc1nc(C)c(C)nc1-c1cncc2ccccc12. The molecule has 0 aliphatic rings. The molecule has 0 saturated heterocycles. The minimum Gasteiger partial charge on any atom is -0.371 e. The number of anilines is 1. The van der Waals surface area contributed by atoms with Crippen molar-refractivity contribution in [1.82, 2.24) is 15.0 Å². The van der Waals surface area contributed by atoms with Gasteiger partial charge in [-0.2, -0.15) is 0 Å². The average molecular weight is 264 g/mol. The van der Waals surface area contributed by atoms with Gasteiger partial charge in [0.05, 0.1) is 11.4 Å². The van der Waals surface area contributed by atoms with Crippen molar-refractivity contribution in [2.45, 2.75) is 13.8 Å². The van der Waals surface area contributed by atoms with Crippen LogP contribution in [0.25, 0.3) is 22.0 Å². The molecule has 3 aromatic rings. The fraction of sp³-hybridized carbons (Fsp3) is 0.188. The van der Waals surface area contributed by atoms with Gasteiger partial charge in [-0.3, -0.25) is 4.98 Å². The first kappa shape index (κ1) is 12.5. The molecule has 0 amide bonds. The third-order valence-corrected chi connectivity index (χ3v) is 3.47. The molecule has 0 atom stereocenters. The average Bonchev–Trinajstić information content (AvgIpc) is 2.49. The minimum atomic E-state index is 0.784. The van der Waals surface area contributed by atoms with Gasteiger partial charge in [-0.25, -0.2) is 9.97 Å². The molecule has 0 aliphatic carbocycles. The number of hydrogen-bond acceptors (Lipinski definition) is 4. The standard InChI is InChI=1S/C16H16N4/c1-10-11(2)20-16(17-3)15(19-10)14-9-18-8-12-6-4-5-7-13(12)14/h4-9H,1-3H3,(H,17,20). The van der Waals surface area contributed by atoms with E-state index in [1.807, 2.05) is 45.4 Å². The van der Waals surface area contributed by atoms with E-state index in [4.69, 9.17) is 4.98 Å². The number of rotatable bonds is 2. The van der Waals surface area contributed by atoms with E-state index in [1.165, 1.54) is 0 Å². The molecule has 0 aliphatic heterocycles. The maximum Gasteiger partial charge on any atom is 0.152 e. The van der Waals surface area contributed by atoms with E-state index in [0.717, 1.165) is 39.2 Å². The van der Waals surface area contributed by atoms with Gasteiger partial charge in [-0.05, 0) is 19.2 Å². The molecule has 2 heterocycles. The Morgan fingerprint density at radius 1 is 0.950 bits per heavy atom. The van der Waals surface area contributed by atoms with E-state index in [0.29, 0.717) is 0 Å². The van der Waals surface area contributed by atoms with Crippen molar-refractivity contribution in [1.29, 1.82) is 0 Å². The number of nitrogens with one attached hydrogen (secondary N) is 1. The highest BCUT2D eigenvalue weighted by Crippen LogP contribution is 2.30. The number of aromatic nitrogens is 3. The fourth-order valence-electron chi connectivity index (χ4n) is 2.27. The Morgan fingerprint density at radius 2 is 1.70 bits per heavy atom. The van der Waals surface area contributed by atoms with E-state index in [1.54, 1.807) is 0 Å². The molecule has 4 nitrogen and oxygen atoms in total. The van der Waals surface area contributed by atoms with E-state index in [9.17, 15) is 0 Å². The third kappa shape index (κ3) is 1.99. The molecule has 4 heteroatoms. The Balaban J connectivity index is 2.33. The lowest BCUT2D eigenvalue weighted by Crippen LogP contribution is -2.03. The lowest BCUT2D eigenvalue weighted by molar-refractivity contribution is 1.05. The summed E-state index contributed by atoms with van der Waals surface area (Å²) in [6.45, 7) is 3.94. The van der Waals surface area contributed by atoms with Crippen LogP contribution in [-0.4, -0.2) is 22.0 Å². The van der Waals surface area contributed by atoms with Crippen LogP contribution in [0.1, 0.15) is 11.4 Å². The summed E-state index contributed by atoms with van der Waals surface area (Å²) in [5.74, 6) is 0.784. The second kappa shape index (κ2) is 4.89. The van der Waals surface area contributed by atoms with Crippen molar-refractivity contribution in [3.05, 3.63) is 48.0 Å². The summed E-state index contributed by atoms with van der Waals surface area (Å²) in [4.78, 5) is 13.6. The number of nitrogens with zero attached hydrogens (tertiary/aromatic N) is 3. The first-order valence-corrected chi connectivity index (χ1v) is 6.57. The minimum absolute atomic E-state index is 0.784. The molecule has 1 N–H and O–H groups in total. The summed E-state index contributed by atoms with van der Waals surface area (Å²) in [6, 6.07) is 8.18. The van der Waals surface area contributed by atoms with Crippen LogP contribution >= 0.6 is 0 Å². The van der Waals surface area contributed by atoms with Crippen LogP contribution in [0.3, 0.4) is 0 Å². The van der Waals surface area contributed by atoms with Crippen molar-refractivity contribution < 1.29 is 0 Å². The molecule has 3 rings (SSSR count). The van der Waals surface area contributed by atoms with Gasteiger partial charge >= 0.3 is 0 Å². The molecule has 20 heavy (non-hydrogen) atoms. The molecule has 0 saturated carbocycles. The van der Waals surface area contributed by atoms with Crippen molar-refractivity contribution in [3.63, 3.8) is 0 Å². The number of pyridine rings is 1. The lowest BCUT2D eigenvalue weighted by atomic mass is 10.0. The molecular weight excluding hydrogens is 248 g/mol. The maximum atomic E-state index is 4.70. The quantitative estimate of drug-likeness (QED) is 0.771. The highest BCUT2D eigenvalue weighted by Gasteiger charge is 2.13. The van der Waals surface area contributed by atoms with E-state index in [2.05, 4.69) is 27.4 Å². The van der Waals surface area contributed by atoms with Crippen molar-refractivity contribution >= 4 is 16.6 Å². The number of hydrogen-bond donors (Lipinski definition) is 1. The largest absolute Gasteiger partial charge is 0.371 e. The molecule has 0 spiro atoms. The van der Waals surface area contributed by atoms with Gasteiger partial charge in [0.15, 0.2) is 5.82 Å². The van der Waals surface area contributed by atoms with Crippen LogP contribution in [0, 0.1) is 13.8 Å². The zero-order valence-electron chi connectivity index (χ0n) is 11.8. The Hall–Kier alpha value is -2.49. The van der Waals surface area contributed by atoms with Crippen LogP contribution in [0.4, 0.5) is 5.82 Å². The molecule has 0 fully saturated rings. The van der Waals surface area contributed by atoms with Crippen molar-refractivity contribution in [2.24, 2.45) is 0 Å². The van der Waals surface area contributed by atoms with Gasteiger partial charge in [0.25, 0.3) is 0 Å². The van der Waals surface area contributed by atoms with Crippen LogP contribution in [0.2, 0.25) is 0 Å². The molecule has 0 unspecified atom stereocenters. The second-order valence-corrected chi connectivity index (χ2v) is 4.75. The van der Waals surface area contributed by atoms with Crippen molar-refractivity contribution in [2.75, 3.05) is 12.4 Å². The summed E-state index contributed by atoms with van der Waals surface area (Å²) in [5.41, 5.74) is 3.72. The van der Waals surface area contributed by atoms with E-state index >= 15 is 0 Å². The van der Waals surface area contributed by atoms with Gasteiger partial charge < -0.3 is 5.32 Å². The van der Waals surface area contributed by atoms with Gasteiger partial charge in [0, 0.05) is 30.4 Å². The zero-order valence-corrected chi connectivity index (χ0v) is 11.8. The zero-order chi connectivity index (χ0) is 14.1. The van der Waals surface area contributed by atoms with Gasteiger partial charge in [-0.15, -0.1) is 0 Å². The Labute approximate surface area is 117 Å². The third-order valence-electron chi connectivity index (χ3n) is 3.47. The Bertz CT molecular complexity index is 775. The Morgan fingerprint density at radius 3 is 2.50 bits per heavy atom. The van der Waals surface area contributed by atoms with Gasteiger partial charge in [0.2, 0.25) is 0 Å². The monoisotopic (exact) mass is 264 g/mol. The molecule has 2 aromatic heterocycles. The second-order valence-electron chi connectivity index (χ2n) is 4.75. The normalized spacial score (nSPS) is 10.8. The number of fused-ring (bicyclic) bond motifs is 1. The first-order valence-electron chi connectivity index (χ1n) is 6.57. The van der Waals surface area contributed by atoms with Crippen LogP contribution in [0.15, 0.2) is 36.7 Å². The van der Waals surface area contributed by atoms with E-state index < -0.39 is 0 Å². The molecule has 0 radical (unpaired) electrons. The molecule has 1 aromatic carbocycles.